The highest BCUT2D eigenvalue weighted by Crippen LogP contribution is 2.19. The van der Waals surface area contributed by atoms with Crippen LogP contribution in [0.2, 0.25) is 0 Å². The Balaban J connectivity index is 1.47. The van der Waals surface area contributed by atoms with Crippen molar-refractivity contribution in [2.75, 3.05) is 13.1 Å². The monoisotopic (exact) mass is 359 g/mol. The normalized spacial score (nSPS) is 17.8. The number of carbonyl (C=O) groups is 1. The Morgan fingerprint density at radius 2 is 2.00 bits per heavy atom. The zero-order chi connectivity index (χ0) is 18.8. The molecule has 0 spiro atoms. The smallest absolute Gasteiger partial charge is 0.220 e. The van der Waals surface area contributed by atoms with E-state index in [2.05, 4.69) is 27.4 Å². The number of rotatable bonds is 6. The molecule has 1 aliphatic rings. The Morgan fingerprint density at radius 1 is 1.23 bits per heavy atom. The minimum atomic E-state index is 0.122. The lowest BCUT2D eigenvalue weighted by molar-refractivity contribution is -0.121. The molecule has 1 N–H and O–H groups in total. The van der Waals surface area contributed by atoms with Crippen LogP contribution in [0.1, 0.15) is 46.8 Å². The third-order valence-electron chi connectivity index (χ3n) is 5.46. The number of nitrogens with one attached hydrogen (secondary N) is 1. The standard InChI is InChI=1S/C19H29N5O2/c1-12-17(14(3)23(5)21-12)6-7-19(25)20-16-8-9-24(10-16)11-18-13(2)22-26-15(18)4/h16H,6-11H2,1-5H3,(H,20,25)/t16-/m0/s1. The van der Waals surface area contributed by atoms with Gasteiger partial charge in [-0.1, -0.05) is 5.16 Å². The van der Waals surface area contributed by atoms with Gasteiger partial charge >= 0.3 is 0 Å². The van der Waals surface area contributed by atoms with E-state index < -0.39 is 0 Å². The zero-order valence-corrected chi connectivity index (χ0v) is 16.4. The van der Waals surface area contributed by atoms with Crippen molar-refractivity contribution in [1.29, 1.82) is 0 Å². The van der Waals surface area contributed by atoms with Gasteiger partial charge in [-0.25, -0.2) is 0 Å². The van der Waals surface area contributed by atoms with Gasteiger partial charge in [-0.05, 0) is 46.1 Å². The fourth-order valence-electron chi connectivity index (χ4n) is 3.76. The molecule has 7 nitrogen and oxygen atoms in total. The summed E-state index contributed by atoms with van der Waals surface area (Å²) >= 11 is 0. The predicted octanol–water partition coefficient (Wildman–Crippen LogP) is 1.97. The topological polar surface area (TPSA) is 76.2 Å². The molecule has 0 saturated carbocycles. The molecular weight excluding hydrogens is 330 g/mol. The van der Waals surface area contributed by atoms with E-state index in [4.69, 9.17) is 4.52 Å². The maximum absolute atomic E-state index is 12.4. The van der Waals surface area contributed by atoms with Crippen LogP contribution >= 0.6 is 0 Å². The van der Waals surface area contributed by atoms with E-state index in [0.29, 0.717) is 6.42 Å². The largest absolute Gasteiger partial charge is 0.361 e. The molecule has 7 heteroatoms. The van der Waals surface area contributed by atoms with Crippen molar-refractivity contribution in [2.24, 2.45) is 7.05 Å². The Labute approximate surface area is 154 Å². The average molecular weight is 359 g/mol. The molecule has 0 radical (unpaired) electrons. The van der Waals surface area contributed by atoms with Crippen LogP contribution in [-0.2, 0) is 24.8 Å². The molecule has 2 aromatic heterocycles. The summed E-state index contributed by atoms with van der Waals surface area (Å²) in [5.41, 5.74) is 5.47. The third kappa shape index (κ3) is 3.98. The zero-order valence-electron chi connectivity index (χ0n) is 16.4. The van der Waals surface area contributed by atoms with Crippen molar-refractivity contribution in [2.45, 2.75) is 59.5 Å². The lowest BCUT2D eigenvalue weighted by Crippen LogP contribution is -2.37. The first-order chi connectivity index (χ1) is 12.3. The Kier molecular flexibility index (Phi) is 5.46. The maximum atomic E-state index is 12.4. The molecule has 0 aliphatic carbocycles. The summed E-state index contributed by atoms with van der Waals surface area (Å²) in [6, 6.07) is 0.221. The average Bonchev–Trinajstić information content (AvgIpc) is 3.22. The van der Waals surface area contributed by atoms with Crippen LogP contribution in [0.5, 0.6) is 0 Å². The minimum absolute atomic E-state index is 0.122. The number of likely N-dealkylation sites (tertiary alicyclic amines) is 1. The van der Waals surface area contributed by atoms with Crippen LogP contribution in [0.15, 0.2) is 4.52 Å². The number of aryl methyl sites for hydroxylation is 4. The first-order valence-corrected chi connectivity index (χ1v) is 9.27. The van der Waals surface area contributed by atoms with E-state index in [0.717, 1.165) is 55.3 Å². The molecule has 0 unspecified atom stereocenters. The van der Waals surface area contributed by atoms with Crippen molar-refractivity contribution < 1.29 is 9.32 Å². The molecule has 1 fully saturated rings. The van der Waals surface area contributed by atoms with Gasteiger partial charge in [0.2, 0.25) is 5.91 Å². The molecule has 142 valence electrons. The maximum Gasteiger partial charge on any atom is 0.220 e. The Hall–Kier alpha value is -2.15. The lowest BCUT2D eigenvalue weighted by Gasteiger charge is -2.16. The molecule has 0 aromatic carbocycles. The van der Waals surface area contributed by atoms with Gasteiger partial charge < -0.3 is 9.84 Å². The molecule has 1 saturated heterocycles. The highest BCUT2D eigenvalue weighted by atomic mass is 16.5. The van der Waals surface area contributed by atoms with Crippen LogP contribution in [0, 0.1) is 27.7 Å². The van der Waals surface area contributed by atoms with Gasteiger partial charge in [-0.2, -0.15) is 5.10 Å². The van der Waals surface area contributed by atoms with Crippen molar-refractivity contribution in [3.63, 3.8) is 0 Å². The molecule has 3 rings (SSSR count). The summed E-state index contributed by atoms with van der Waals surface area (Å²) in [6.07, 6.45) is 2.24. The fraction of sp³-hybridized carbons (Fsp3) is 0.632. The number of aromatic nitrogens is 3. The highest BCUT2D eigenvalue weighted by Gasteiger charge is 2.25. The molecule has 1 aliphatic heterocycles. The molecular formula is C19H29N5O2. The van der Waals surface area contributed by atoms with Crippen LogP contribution in [0.3, 0.4) is 0 Å². The second kappa shape index (κ2) is 7.61. The van der Waals surface area contributed by atoms with Gasteiger partial charge in [0.05, 0.1) is 11.4 Å². The summed E-state index contributed by atoms with van der Waals surface area (Å²) in [4.78, 5) is 14.7. The Morgan fingerprint density at radius 3 is 2.62 bits per heavy atom. The molecule has 2 aromatic rings. The van der Waals surface area contributed by atoms with Crippen molar-refractivity contribution >= 4 is 5.91 Å². The van der Waals surface area contributed by atoms with Crippen molar-refractivity contribution in [1.82, 2.24) is 25.2 Å². The van der Waals surface area contributed by atoms with Gasteiger partial charge in [-0.3, -0.25) is 14.4 Å². The summed E-state index contributed by atoms with van der Waals surface area (Å²) in [7, 11) is 1.94. The first kappa shape index (κ1) is 18.6. The fourth-order valence-corrected chi connectivity index (χ4v) is 3.76. The molecule has 1 amide bonds. The molecule has 0 bridgehead atoms. The summed E-state index contributed by atoms with van der Waals surface area (Å²) in [5, 5.41) is 11.6. The van der Waals surface area contributed by atoms with Gasteiger partial charge in [-0.15, -0.1) is 0 Å². The quantitative estimate of drug-likeness (QED) is 0.853. The number of hydrogen-bond donors (Lipinski definition) is 1. The molecule has 1 atom stereocenters. The second-order valence-corrected chi connectivity index (χ2v) is 7.36. The second-order valence-electron chi connectivity index (χ2n) is 7.36. The summed E-state index contributed by atoms with van der Waals surface area (Å²) in [5.74, 6) is 1.01. The van der Waals surface area contributed by atoms with E-state index in [1.165, 1.54) is 11.1 Å². The van der Waals surface area contributed by atoms with Crippen LogP contribution in [0.25, 0.3) is 0 Å². The van der Waals surface area contributed by atoms with Gasteiger partial charge in [0.15, 0.2) is 0 Å². The van der Waals surface area contributed by atoms with Crippen LogP contribution < -0.4 is 5.32 Å². The predicted molar refractivity (Wildman–Crippen MR) is 98.8 cm³/mol. The van der Waals surface area contributed by atoms with E-state index in [9.17, 15) is 4.79 Å². The number of carbonyl (C=O) groups excluding carboxylic acids is 1. The molecule has 26 heavy (non-hydrogen) atoms. The van der Waals surface area contributed by atoms with Crippen molar-refractivity contribution in [3.05, 3.63) is 34.0 Å². The number of amides is 1. The van der Waals surface area contributed by atoms with E-state index in [1.807, 2.05) is 32.5 Å². The Bertz CT molecular complexity index is 773. The van der Waals surface area contributed by atoms with E-state index in [1.54, 1.807) is 0 Å². The van der Waals surface area contributed by atoms with Gasteiger partial charge in [0, 0.05) is 50.4 Å². The van der Waals surface area contributed by atoms with E-state index in [-0.39, 0.29) is 11.9 Å². The van der Waals surface area contributed by atoms with Gasteiger partial charge in [0.1, 0.15) is 5.76 Å². The SMILES string of the molecule is Cc1noc(C)c1CN1CC[C@H](NC(=O)CCc2c(C)nn(C)c2C)C1. The van der Waals surface area contributed by atoms with Gasteiger partial charge in [0.25, 0.3) is 0 Å². The highest BCUT2D eigenvalue weighted by molar-refractivity contribution is 5.76. The van der Waals surface area contributed by atoms with Crippen LogP contribution in [-0.4, -0.2) is 44.9 Å². The van der Waals surface area contributed by atoms with E-state index >= 15 is 0 Å². The minimum Gasteiger partial charge on any atom is -0.361 e. The first-order valence-electron chi connectivity index (χ1n) is 9.27. The lowest BCUT2D eigenvalue weighted by atomic mass is 10.1. The number of nitrogens with zero attached hydrogens (tertiary/aromatic N) is 4. The molecule has 3 heterocycles. The third-order valence-corrected chi connectivity index (χ3v) is 5.46. The van der Waals surface area contributed by atoms with Crippen LogP contribution in [0.4, 0.5) is 0 Å². The van der Waals surface area contributed by atoms with Crippen molar-refractivity contribution in [3.8, 4) is 0 Å². The summed E-state index contributed by atoms with van der Waals surface area (Å²) in [6.45, 7) is 10.7. The number of hydrogen-bond acceptors (Lipinski definition) is 5. The summed E-state index contributed by atoms with van der Waals surface area (Å²) < 4.78 is 7.12.